The molecule has 104 valence electrons. The topological polar surface area (TPSA) is 64.3 Å². The van der Waals surface area contributed by atoms with Gasteiger partial charge in [-0.15, -0.1) is 0 Å². The molecule has 0 spiro atoms. The number of carbonyl (C=O) groups excluding carboxylic acids is 1. The summed E-state index contributed by atoms with van der Waals surface area (Å²) in [6, 6.07) is 11.4. The number of carbonyl (C=O) groups is 1. The quantitative estimate of drug-likeness (QED) is 0.842. The summed E-state index contributed by atoms with van der Waals surface area (Å²) in [5, 5.41) is 2.70. The highest BCUT2D eigenvalue weighted by atomic mass is 19.1. The molecule has 20 heavy (non-hydrogen) atoms. The molecule has 0 saturated carbocycles. The van der Waals surface area contributed by atoms with E-state index in [-0.39, 0.29) is 18.3 Å². The van der Waals surface area contributed by atoms with Crippen LogP contribution < -0.4 is 15.8 Å². The predicted molar refractivity (Wildman–Crippen MR) is 76.1 cm³/mol. The van der Waals surface area contributed by atoms with E-state index in [1.807, 2.05) is 25.1 Å². The fourth-order valence-electron chi connectivity index (χ4n) is 1.68. The minimum atomic E-state index is -0.589. The van der Waals surface area contributed by atoms with Crippen LogP contribution in [-0.2, 0) is 4.79 Å². The van der Waals surface area contributed by atoms with Crippen molar-refractivity contribution in [3.63, 3.8) is 0 Å². The first kappa shape index (κ1) is 13.9. The molecule has 0 fully saturated rings. The molecule has 0 aliphatic carbocycles. The number of halogens is 1. The van der Waals surface area contributed by atoms with E-state index in [1.165, 1.54) is 12.1 Å². The minimum Gasteiger partial charge on any atom is -0.481 e. The largest absolute Gasteiger partial charge is 0.481 e. The number of para-hydroxylation sites is 1. The summed E-state index contributed by atoms with van der Waals surface area (Å²) in [6.45, 7) is 1.62. The van der Waals surface area contributed by atoms with Gasteiger partial charge in [0.1, 0.15) is 0 Å². The molecular weight excluding hydrogens is 259 g/mol. The third-order valence-corrected chi connectivity index (χ3v) is 2.73. The lowest BCUT2D eigenvalue weighted by molar-refractivity contribution is -0.118. The smallest absolute Gasteiger partial charge is 0.262 e. The average Bonchev–Trinajstić information content (AvgIpc) is 2.40. The number of rotatable bonds is 4. The van der Waals surface area contributed by atoms with Crippen LogP contribution >= 0.6 is 0 Å². The van der Waals surface area contributed by atoms with Gasteiger partial charge in [-0.1, -0.05) is 18.2 Å². The number of nitrogen functional groups attached to an aromatic ring is 1. The molecule has 3 N–H and O–H groups in total. The first-order valence-electron chi connectivity index (χ1n) is 6.09. The molecule has 2 rings (SSSR count). The predicted octanol–water partition coefficient (Wildman–Crippen LogP) is 2.73. The van der Waals surface area contributed by atoms with E-state index in [0.29, 0.717) is 11.4 Å². The Bertz CT molecular complexity index is 629. The number of hydrogen-bond donors (Lipinski definition) is 2. The summed E-state index contributed by atoms with van der Waals surface area (Å²) in [5.74, 6) is -0.941. The van der Waals surface area contributed by atoms with Crippen LogP contribution in [0.25, 0.3) is 0 Å². The van der Waals surface area contributed by atoms with E-state index >= 15 is 0 Å². The molecular formula is C15H15FN2O2. The van der Waals surface area contributed by atoms with Crippen LogP contribution in [0, 0.1) is 12.7 Å². The van der Waals surface area contributed by atoms with Crippen LogP contribution in [0.2, 0.25) is 0 Å². The van der Waals surface area contributed by atoms with Gasteiger partial charge < -0.3 is 15.8 Å². The van der Waals surface area contributed by atoms with E-state index in [9.17, 15) is 9.18 Å². The molecule has 5 heteroatoms. The fraction of sp³-hybridized carbons (Fsp3) is 0.133. The number of ether oxygens (including phenoxy) is 1. The highest BCUT2D eigenvalue weighted by Crippen LogP contribution is 2.19. The molecule has 0 aliphatic rings. The van der Waals surface area contributed by atoms with Crippen LogP contribution in [0.5, 0.6) is 5.75 Å². The molecule has 0 atom stereocenters. The maximum Gasteiger partial charge on any atom is 0.262 e. The second kappa shape index (κ2) is 6.06. The molecule has 0 saturated heterocycles. The number of nitrogens with two attached hydrogens (primary N) is 1. The molecule has 2 aromatic carbocycles. The Morgan fingerprint density at radius 3 is 2.75 bits per heavy atom. The van der Waals surface area contributed by atoms with Crippen LogP contribution in [0.15, 0.2) is 42.5 Å². The summed E-state index contributed by atoms with van der Waals surface area (Å²) >= 11 is 0. The van der Waals surface area contributed by atoms with Crippen molar-refractivity contribution >= 4 is 17.3 Å². The molecule has 0 unspecified atom stereocenters. The standard InChI is InChI=1S/C15H15FN2O2/c1-10-4-2-3-5-13(10)18-15(19)9-20-14-7-6-11(17)8-12(14)16/h2-8H,9,17H2,1H3,(H,18,19). The fourth-order valence-corrected chi connectivity index (χ4v) is 1.68. The minimum absolute atomic E-state index is 0.000802. The van der Waals surface area contributed by atoms with E-state index < -0.39 is 5.82 Å². The van der Waals surface area contributed by atoms with Gasteiger partial charge in [0, 0.05) is 17.4 Å². The zero-order chi connectivity index (χ0) is 14.5. The normalized spacial score (nSPS) is 10.1. The summed E-state index contributed by atoms with van der Waals surface area (Å²) < 4.78 is 18.6. The highest BCUT2D eigenvalue weighted by molar-refractivity contribution is 5.92. The Morgan fingerprint density at radius 2 is 2.05 bits per heavy atom. The number of benzene rings is 2. The van der Waals surface area contributed by atoms with Gasteiger partial charge >= 0.3 is 0 Å². The maximum atomic E-state index is 13.5. The van der Waals surface area contributed by atoms with Crippen molar-refractivity contribution in [1.29, 1.82) is 0 Å². The lowest BCUT2D eigenvalue weighted by atomic mass is 10.2. The monoisotopic (exact) mass is 274 g/mol. The third-order valence-electron chi connectivity index (χ3n) is 2.73. The Labute approximate surface area is 116 Å². The van der Waals surface area contributed by atoms with Gasteiger partial charge in [-0.25, -0.2) is 4.39 Å². The van der Waals surface area contributed by atoms with Gasteiger partial charge in [0.25, 0.3) is 5.91 Å². The zero-order valence-electron chi connectivity index (χ0n) is 11.0. The highest BCUT2D eigenvalue weighted by Gasteiger charge is 2.08. The molecule has 2 aromatic rings. The van der Waals surface area contributed by atoms with Crippen molar-refractivity contribution in [3.8, 4) is 5.75 Å². The molecule has 0 aromatic heterocycles. The molecule has 0 radical (unpaired) electrons. The van der Waals surface area contributed by atoms with Gasteiger partial charge in [0.15, 0.2) is 18.2 Å². The first-order chi connectivity index (χ1) is 9.56. The van der Waals surface area contributed by atoms with Gasteiger partial charge in [-0.2, -0.15) is 0 Å². The second-order valence-corrected chi connectivity index (χ2v) is 4.34. The molecule has 1 amide bonds. The molecule has 4 nitrogen and oxygen atoms in total. The van der Waals surface area contributed by atoms with Gasteiger partial charge in [0.2, 0.25) is 0 Å². The third kappa shape index (κ3) is 3.47. The van der Waals surface area contributed by atoms with E-state index in [0.717, 1.165) is 11.6 Å². The number of amides is 1. The molecule has 0 aliphatic heterocycles. The molecule has 0 heterocycles. The summed E-state index contributed by atoms with van der Waals surface area (Å²) in [6.07, 6.45) is 0. The summed E-state index contributed by atoms with van der Waals surface area (Å²) in [4.78, 5) is 11.7. The Balaban J connectivity index is 1.94. The van der Waals surface area contributed by atoms with Crippen LogP contribution in [0.3, 0.4) is 0 Å². The van der Waals surface area contributed by atoms with Crippen LogP contribution in [0.4, 0.5) is 15.8 Å². The van der Waals surface area contributed by atoms with Gasteiger partial charge in [-0.3, -0.25) is 4.79 Å². The summed E-state index contributed by atoms with van der Waals surface area (Å²) in [5.41, 5.74) is 7.38. The average molecular weight is 274 g/mol. The first-order valence-corrected chi connectivity index (χ1v) is 6.09. The van der Waals surface area contributed by atoms with Crippen molar-refractivity contribution in [3.05, 3.63) is 53.8 Å². The van der Waals surface area contributed by atoms with Crippen LogP contribution in [-0.4, -0.2) is 12.5 Å². The maximum absolute atomic E-state index is 13.5. The Kier molecular flexibility index (Phi) is 4.20. The Hall–Kier alpha value is -2.56. The van der Waals surface area contributed by atoms with Crippen molar-refractivity contribution in [2.45, 2.75) is 6.92 Å². The number of anilines is 2. The second-order valence-electron chi connectivity index (χ2n) is 4.34. The van der Waals surface area contributed by atoms with Crippen molar-refractivity contribution in [2.24, 2.45) is 0 Å². The van der Waals surface area contributed by atoms with Crippen molar-refractivity contribution < 1.29 is 13.9 Å². The lowest BCUT2D eigenvalue weighted by Crippen LogP contribution is -2.20. The summed E-state index contributed by atoms with van der Waals surface area (Å²) in [7, 11) is 0. The number of hydrogen-bond acceptors (Lipinski definition) is 3. The van der Waals surface area contributed by atoms with E-state index in [2.05, 4.69) is 5.32 Å². The van der Waals surface area contributed by atoms with Crippen molar-refractivity contribution in [1.82, 2.24) is 0 Å². The zero-order valence-corrected chi connectivity index (χ0v) is 11.0. The van der Waals surface area contributed by atoms with E-state index in [1.54, 1.807) is 6.07 Å². The Morgan fingerprint density at radius 1 is 1.30 bits per heavy atom. The SMILES string of the molecule is Cc1ccccc1NC(=O)COc1ccc(N)cc1F. The number of nitrogens with one attached hydrogen (secondary N) is 1. The van der Waals surface area contributed by atoms with Gasteiger partial charge in [0.05, 0.1) is 0 Å². The van der Waals surface area contributed by atoms with Gasteiger partial charge in [-0.05, 0) is 30.7 Å². The number of aryl methyl sites for hydroxylation is 1. The van der Waals surface area contributed by atoms with E-state index in [4.69, 9.17) is 10.5 Å². The van der Waals surface area contributed by atoms with Crippen molar-refractivity contribution in [2.75, 3.05) is 17.7 Å². The lowest BCUT2D eigenvalue weighted by Gasteiger charge is -2.10. The van der Waals surface area contributed by atoms with Crippen LogP contribution in [0.1, 0.15) is 5.56 Å². The molecule has 0 bridgehead atoms.